The second-order valence-corrected chi connectivity index (χ2v) is 3.94. The molecule has 0 aliphatic heterocycles. The Morgan fingerprint density at radius 3 is 2.38 bits per heavy atom. The van der Waals surface area contributed by atoms with Crippen molar-refractivity contribution in [2.45, 2.75) is 0 Å². The molecule has 0 spiro atoms. The molecule has 2 rings (SSSR count). The van der Waals surface area contributed by atoms with Crippen molar-refractivity contribution in [2.75, 3.05) is 12.4 Å². The molecular formula is C11H9Cl2N3. The van der Waals surface area contributed by atoms with Crippen molar-refractivity contribution in [1.29, 1.82) is 0 Å². The lowest BCUT2D eigenvalue weighted by molar-refractivity contribution is 1.16. The zero-order chi connectivity index (χ0) is 11.5. The van der Waals surface area contributed by atoms with Crippen molar-refractivity contribution in [3.63, 3.8) is 0 Å². The summed E-state index contributed by atoms with van der Waals surface area (Å²) in [6, 6.07) is 7.38. The molecule has 3 nitrogen and oxygen atoms in total. The van der Waals surface area contributed by atoms with Crippen LogP contribution in [-0.4, -0.2) is 17.0 Å². The zero-order valence-corrected chi connectivity index (χ0v) is 10.0. The van der Waals surface area contributed by atoms with Crippen LogP contribution < -0.4 is 5.32 Å². The van der Waals surface area contributed by atoms with Crippen LogP contribution in [0.3, 0.4) is 0 Å². The van der Waals surface area contributed by atoms with E-state index in [0.717, 1.165) is 11.1 Å². The molecule has 0 aliphatic carbocycles. The third-order valence-corrected chi connectivity index (χ3v) is 2.71. The quantitative estimate of drug-likeness (QED) is 0.833. The van der Waals surface area contributed by atoms with Gasteiger partial charge in [0.15, 0.2) is 0 Å². The van der Waals surface area contributed by atoms with Gasteiger partial charge in [0.05, 0.1) is 5.56 Å². The molecule has 1 aromatic heterocycles. The molecule has 1 heterocycles. The Morgan fingerprint density at radius 2 is 1.75 bits per heavy atom. The SMILES string of the molecule is CNc1ncnc(Cl)c1-c1ccc(Cl)cc1. The summed E-state index contributed by atoms with van der Waals surface area (Å²) in [5.41, 5.74) is 1.71. The number of benzene rings is 1. The molecule has 1 aromatic carbocycles. The van der Waals surface area contributed by atoms with Gasteiger partial charge in [0.2, 0.25) is 0 Å². The second-order valence-electron chi connectivity index (χ2n) is 3.14. The van der Waals surface area contributed by atoms with Crippen LogP contribution in [0.2, 0.25) is 10.2 Å². The van der Waals surface area contributed by atoms with E-state index in [1.807, 2.05) is 12.1 Å². The Morgan fingerprint density at radius 1 is 1.06 bits per heavy atom. The van der Waals surface area contributed by atoms with Gasteiger partial charge in [-0.1, -0.05) is 35.3 Å². The molecule has 5 heteroatoms. The topological polar surface area (TPSA) is 37.8 Å². The summed E-state index contributed by atoms with van der Waals surface area (Å²) in [5.74, 6) is 0.697. The van der Waals surface area contributed by atoms with Crippen LogP contribution in [0.25, 0.3) is 11.1 Å². The number of aromatic nitrogens is 2. The van der Waals surface area contributed by atoms with Gasteiger partial charge in [-0.05, 0) is 17.7 Å². The van der Waals surface area contributed by atoms with Gasteiger partial charge in [0.25, 0.3) is 0 Å². The van der Waals surface area contributed by atoms with Gasteiger partial charge in [-0.25, -0.2) is 9.97 Å². The molecule has 0 saturated carbocycles. The molecule has 0 aliphatic rings. The summed E-state index contributed by atoms with van der Waals surface area (Å²) in [5, 5.41) is 4.08. The molecule has 2 aromatic rings. The van der Waals surface area contributed by atoms with Crippen molar-refractivity contribution < 1.29 is 0 Å². The van der Waals surface area contributed by atoms with Gasteiger partial charge in [0.1, 0.15) is 17.3 Å². The van der Waals surface area contributed by atoms with E-state index < -0.39 is 0 Å². The van der Waals surface area contributed by atoms with Gasteiger partial charge in [-0.2, -0.15) is 0 Å². The molecule has 0 amide bonds. The fourth-order valence-electron chi connectivity index (χ4n) is 1.43. The van der Waals surface area contributed by atoms with Gasteiger partial charge < -0.3 is 5.32 Å². The minimum absolute atomic E-state index is 0.418. The molecular weight excluding hydrogens is 245 g/mol. The first kappa shape index (κ1) is 11.2. The Labute approximate surface area is 103 Å². The third-order valence-electron chi connectivity index (χ3n) is 2.17. The van der Waals surface area contributed by atoms with Crippen LogP contribution >= 0.6 is 23.2 Å². The highest BCUT2D eigenvalue weighted by molar-refractivity contribution is 6.33. The maximum Gasteiger partial charge on any atom is 0.142 e. The summed E-state index contributed by atoms with van der Waals surface area (Å²) in [4.78, 5) is 8.09. The fraction of sp³-hybridized carbons (Fsp3) is 0.0909. The number of anilines is 1. The van der Waals surface area contributed by atoms with E-state index in [2.05, 4.69) is 15.3 Å². The van der Waals surface area contributed by atoms with E-state index in [9.17, 15) is 0 Å². The summed E-state index contributed by atoms with van der Waals surface area (Å²) < 4.78 is 0. The van der Waals surface area contributed by atoms with Crippen molar-refractivity contribution in [2.24, 2.45) is 0 Å². The molecule has 0 fully saturated rings. The molecule has 1 N–H and O–H groups in total. The average Bonchev–Trinajstić information content (AvgIpc) is 2.30. The largest absolute Gasteiger partial charge is 0.372 e. The van der Waals surface area contributed by atoms with Crippen LogP contribution in [0.1, 0.15) is 0 Å². The monoisotopic (exact) mass is 253 g/mol. The number of nitrogens with one attached hydrogen (secondary N) is 1. The Hall–Kier alpha value is -1.32. The minimum Gasteiger partial charge on any atom is -0.372 e. The third kappa shape index (κ3) is 2.10. The minimum atomic E-state index is 0.418. The molecule has 0 unspecified atom stereocenters. The summed E-state index contributed by atoms with van der Waals surface area (Å²) in [7, 11) is 1.79. The molecule has 0 bridgehead atoms. The second kappa shape index (κ2) is 4.68. The molecule has 0 radical (unpaired) electrons. The van der Waals surface area contributed by atoms with Crippen LogP contribution in [-0.2, 0) is 0 Å². The lowest BCUT2D eigenvalue weighted by Gasteiger charge is -2.09. The zero-order valence-electron chi connectivity index (χ0n) is 8.54. The van der Waals surface area contributed by atoms with Crippen molar-refractivity contribution >= 4 is 29.0 Å². The van der Waals surface area contributed by atoms with Gasteiger partial charge in [-0.3, -0.25) is 0 Å². The lowest BCUT2D eigenvalue weighted by Crippen LogP contribution is -1.97. The normalized spacial score (nSPS) is 10.2. The van der Waals surface area contributed by atoms with Crippen molar-refractivity contribution in [1.82, 2.24) is 9.97 Å². The highest BCUT2D eigenvalue weighted by Gasteiger charge is 2.10. The van der Waals surface area contributed by atoms with Crippen molar-refractivity contribution in [3.05, 3.63) is 40.8 Å². The highest BCUT2D eigenvalue weighted by Crippen LogP contribution is 2.32. The maximum atomic E-state index is 6.06. The van der Waals surface area contributed by atoms with E-state index in [1.54, 1.807) is 19.2 Å². The Kier molecular flexibility index (Phi) is 3.27. The highest BCUT2D eigenvalue weighted by atomic mass is 35.5. The van der Waals surface area contributed by atoms with E-state index in [0.29, 0.717) is 16.0 Å². The Bertz CT molecular complexity index is 497. The van der Waals surface area contributed by atoms with Crippen LogP contribution in [0.5, 0.6) is 0 Å². The van der Waals surface area contributed by atoms with Gasteiger partial charge in [-0.15, -0.1) is 0 Å². The van der Waals surface area contributed by atoms with Crippen LogP contribution in [0.15, 0.2) is 30.6 Å². The van der Waals surface area contributed by atoms with Gasteiger partial charge >= 0.3 is 0 Å². The van der Waals surface area contributed by atoms with Crippen LogP contribution in [0.4, 0.5) is 5.82 Å². The lowest BCUT2D eigenvalue weighted by atomic mass is 10.1. The molecule has 16 heavy (non-hydrogen) atoms. The maximum absolute atomic E-state index is 6.06. The smallest absolute Gasteiger partial charge is 0.142 e. The number of halogens is 2. The molecule has 82 valence electrons. The summed E-state index contributed by atoms with van der Waals surface area (Å²) in [6.45, 7) is 0. The predicted molar refractivity (Wildman–Crippen MR) is 67.0 cm³/mol. The van der Waals surface area contributed by atoms with E-state index in [4.69, 9.17) is 23.2 Å². The molecule has 0 saturated heterocycles. The number of hydrogen-bond donors (Lipinski definition) is 1. The van der Waals surface area contributed by atoms with E-state index in [1.165, 1.54) is 6.33 Å². The standard InChI is InChI=1S/C11H9Cl2N3/c1-14-11-9(10(13)15-6-16-11)7-2-4-8(12)5-3-7/h2-6H,1H3,(H,14,15,16). The number of nitrogens with zero attached hydrogens (tertiary/aromatic N) is 2. The van der Waals surface area contributed by atoms with Crippen LogP contribution in [0, 0.1) is 0 Å². The summed E-state index contributed by atoms with van der Waals surface area (Å²) >= 11 is 11.9. The first-order chi connectivity index (χ1) is 7.72. The Balaban J connectivity index is 2.58. The van der Waals surface area contributed by atoms with Gasteiger partial charge in [0, 0.05) is 12.1 Å². The van der Waals surface area contributed by atoms with E-state index in [-0.39, 0.29) is 0 Å². The first-order valence-electron chi connectivity index (χ1n) is 4.66. The summed E-state index contributed by atoms with van der Waals surface area (Å²) in [6.07, 6.45) is 1.42. The van der Waals surface area contributed by atoms with E-state index >= 15 is 0 Å². The fourth-order valence-corrected chi connectivity index (χ4v) is 1.79. The first-order valence-corrected chi connectivity index (χ1v) is 5.42. The average molecular weight is 254 g/mol. The molecule has 0 atom stereocenters. The number of hydrogen-bond acceptors (Lipinski definition) is 3. The van der Waals surface area contributed by atoms with Crippen molar-refractivity contribution in [3.8, 4) is 11.1 Å². The predicted octanol–water partition coefficient (Wildman–Crippen LogP) is 3.49. The number of rotatable bonds is 2.